The van der Waals surface area contributed by atoms with Crippen LogP contribution in [-0.4, -0.2) is 38.4 Å². The van der Waals surface area contributed by atoms with Gasteiger partial charge < -0.3 is 14.2 Å². The number of carbonyl (C=O) groups excluding carboxylic acids is 1. The van der Waals surface area contributed by atoms with Gasteiger partial charge in [-0.3, -0.25) is 4.98 Å². The fraction of sp³-hybridized carbons (Fsp3) is 0.538. The summed E-state index contributed by atoms with van der Waals surface area (Å²) in [5.74, 6) is -0.0742. The van der Waals surface area contributed by atoms with Crippen LogP contribution in [0.15, 0.2) is 42.7 Å². The zero-order valence-electron chi connectivity index (χ0n) is 19.7. The number of hydrogen-bond acceptors (Lipinski definition) is 4. The molecule has 1 aromatic heterocycles. The molecule has 2 aromatic rings. The number of benzene rings is 1. The lowest BCUT2D eigenvalue weighted by Crippen LogP contribution is -2.47. The van der Waals surface area contributed by atoms with Gasteiger partial charge in [0.05, 0.1) is 0 Å². The van der Waals surface area contributed by atoms with Gasteiger partial charge in [-0.05, 0) is 81.4 Å². The van der Waals surface area contributed by atoms with Gasteiger partial charge in [0.2, 0.25) is 0 Å². The van der Waals surface area contributed by atoms with Gasteiger partial charge in [0.15, 0.2) is 16.3 Å². The molecular formula is C26H33FN2O3S. The van der Waals surface area contributed by atoms with Crippen molar-refractivity contribution in [2.24, 2.45) is 5.92 Å². The molecule has 5 nitrogen and oxygen atoms in total. The van der Waals surface area contributed by atoms with E-state index in [9.17, 15) is 13.7 Å². The van der Waals surface area contributed by atoms with Crippen LogP contribution < -0.4 is 4.74 Å². The summed E-state index contributed by atoms with van der Waals surface area (Å²) in [5, 5.41) is 0. The number of hydrogen-bond donors (Lipinski definition) is 0. The number of rotatable bonds is 7. The number of nitrogens with zero attached hydrogens (tertiary/aromatic N) is 2. The minimum absolute atomic E-state index is 0.111. The van der Waals surface area contributed by atoms with E-state index in [0.717, 1.165) is 24.8 Å². The average molecular weight is 473 g/mol. The zero-order valence-corrected chi connectivity index (χ0v) is 20.5. The van der Waals surface area contributed by atoms with Gasteiger partial charge in [-0.2, -0.15) is 0 Å². The molecule has 178 valence electrons. The molecule has 0 radical (unpaired) electrons. The van der Waals surface area contributed by atoms with Crippen molar-refractivity contribution in [1.29, 1.82) is 0 Å². The first kappa shape index (κ1) is 24.0. The minimum Gasteiger partial charge on any atom is -0.615 e. The SMILES string of the molecule is CC(C)(C)[S@@+]([O-])C(CCC1CC1)(c1ccncc1)c1ccc(F)c(OC(=O)N2CCCC2)c1. The molecule has 4 rings (SSSR count). The molecule has 33 heavy (non-hydrogen) atoms. The van der Waals surface area contributed by atoms with Gasteiger partial charge in [0, 0.05) is 43.0 Å². The highest BCUT2D eigenvalue weighted by atomic mass is 32.2. The van der Waals surface area contributed by atoms with Crippen LogP contribution in [0.25, 0.3) is 0 Å². The van der Waals surface area contributed by atoms with Gasteiger partial charge in [0.1, 0.15) is 4.75 Å². The molecule has 1 saturated carbocycles. The number of amides is 1. The number of carbonyl (C=O) groups is 1. The van der Waals surface area contributed by atoms with E-state index in [1.165, 1.54) is 18.9 Å². The van der Waals surface area contributed by atoms with Gasteiger partial charge >= 0.3 is 6.09 Å². The van der Waals surface area contributed by atoms with Gasteiger partial charge in [-0.25, -0.2) is 9.18 Å². The summed E-state index contributed by atoms with van der Waals surface area (Å²) in [6, 6.07) is 8.40. The lowest BCUT2D eigenvalue weighted by atomic mass is 9.85. The third kappa shape index (κ3) is 5.19. The second-order valence-electron chi connectivity index (χ2n) is 10.1. The van der Waals surface area contributed by atoms with Crippen LogP contribution >= 0.6 is 0 Å². The maximum Gasteiger partial charge on any atom is 0.415 e. The zero-order chi connectivity index (χ0) is 23.6. The van der Waals surface area contributed by atoms with Crippen LogP contribution in [0.5, 0.6) is 5.75 Å². The summed E-state index contributed by atoms with van der Waals surface area (Å²) in [5.41, 5.74) is 1.59. The first-order valence-corrected chi connectivity index (χ1v) is 13.0. The van der Waals surface area contributed by atoms with Crippen molar-refractivity contribution in [1.82, 2.24) is 9.88 Å². The normalized spacial score (nSPS) is 19.2. The molecule has 0 N–H and O–H groups in total. The number of halogens is 1. The van der Waals surface area contributed by atoms with E-state index in [1.54, 1.807) is 29.4 Å². The highest BCUT2D eigenvalue weighted by molar-refractivity contribution is 7.93. The molecule has 2 atom stereocenters. The molecule has 1 aliphatic carbocycles. The largest absolute Gasteiger partial charge is 0.615 e. The topological polar surface area (TPSA) is 65.5 Å². The van der Waals surface area contributed by atoms with E-state index in [2.05, 4.69) is 4.98 Å². The average Bonchev–Trinajstić information content (AvgIpc) is 3.46. The van der Waals surface area contributed by atoms with Crippen LogP contribution in [0.3, 0.4) is 0 Å². The van der Waals surface area contributed by atoms with Gasteiger partial charge in [-0.1, -0.05) is 18.9 Å². The van der Waals surface area contributed by atoms with Crippen molar-refractivity contribution < 1.29 is 18.5 Å². The molecule has 1 aliphatic heterocycles. The summed E-state index contributed by atoms with van der Waals surface area (Å²) < 4.78 is 33.1. The Labute approximate surface area is 198 Å². The molecule has 1 amide bonds. The van der Waals surface area contributed by atoms with Crippen LogP contribution in [0.1, 0.15) is 70.4 Å². The highest BCUT2D eigenvalue weighted by Gasteiger charge is 2.51. The summed E-state index contributed by atoms with van der Waals surface area (Å²) in [6.07, 6.45) is 8.71. The predicted octanol–water partition coefficient (Wildman–Crippen LogP) is 5.80. The Morgan fingerprint density at radius 2 is 1.82 bits per heavy atom. The Hall–Kier alpha value is -2.12. The highest BCUT2D eigenvalue weighted by Crippen LogP contribution is 2.50. The lowest BCUT2D eigenvalue weighted by molar-refractivity contribution is 0.160. The molecule has 7 heteroatoms. The van der Waals surface area contributed by atoms with E-state index >= 15 is 0 Å². The smallest absolute Gasteiger partial charge is 0.415 e. The number of aromatic nitrogens is 1. The Balaban J connectivity index is 1.79. The molecule has 1 unspecified atom stereocenters. The third-order valence-corrected chi connectivity index (χ3v) is 9.00. The number of ether oxygens (including phenoxy) is 1. The van der Waals surface area contributed by atoms with E-state index in [-0.39, 0.29) is 5.75 Å². The number of pyridine rings is 1. The van der Waals surface area contributed by atoms with E-state index in [4.69, 9.17) is 4.74 Å². The fourth-order valence-electron chi connectivity index (χ4n) is 4.61. The third-order valence-electron chi connectivity index (χ3n) is 6.58. The van der Waals surface area contributed by atoms with Crippen LogP contribution in [0, 0.1) is 11.7 Å². The van der Waals surface area contributed by atoms with E-state index in [1.807, 2.05) is 32.9 Å². The van der Waals surface area contributed by atoms with E-state index < -0.39 is 32.6 Å². The van der Waals surface area contributed by atoms with Crippen molar-refractivity contribution in [3.63, 3.8) is 0 Å². The van der Waals surface area contributed by atoms with Crippen molar-refractivity contribution >= 4 is 17.3 Å². The quantitative estimate of drug-likeness (QED) is 0.478. The Morgan fingerprint density at radius 1 is 1.15 bits per heavy atom. The van der Waals surface area contributed by atoms with Crippen molar-refractivity contribution in [3.05, 3.63) is 59.7 Å². The second-order valence-corrected chi connectivity index (χ2v) is 12.6. The Kier molecular flexibility index (Phi) is 7.01. The monoisotopic (exact) mass is 472 g/mol. The van der Waals surface area contributed by atoms with E-state index in [0.29, 0.717) is 31.0 Å². The summed E-state index contributed by atoms with van der Waals surface area (Å²) in [7, 11) is 0. The van der Waals surface area contributed by atoms with Crippen LogP contribution in [-0.2, 0) is 15.9 Å². The molecule has 0 spiro atoms. The molecule has 2 aliphatic rings. The first-order chi connectivity index (χ1) is 15.7. The standard InChI is InChI=1S/C26H33FN2O3S/c1-25(2,3)33(31)26(13-10-19-6-7-19,20-11-14-28-15-12-20)21-8-9-22(27)23(18-21)32-24(30)29-16-4-5-17-29/h8-9,11-12,14-15,18-19H,4-7,10,13,16-17H2,1-3H3/t26?,33-/m1/s1. The molecule has 1 saturated heterocycles. The Bertz CT molecular complexity index is 971. The van der Waals surface area contributed by atoms with Crippen LogP contribution in [0.2, 0.25) is 0 Å². The van der Waals surface area contributed by atoms with Crippen molar-refractivity contribution in [2.75, 3.05) is 13.1 Å². The first-order valence-electron chi connectivity index (χ1n) is 11.8. The van der Waals surface area contributed by atoms with Crippen LogP contribution in [0.4, 0.5) is 9.18 Å². The maximum absolute atomic E-state index is 14.8. The molecule has 2 fully saturated rings. The number of likely N-dealkylation sites (tertiary alicyclic amines) is 1. The molecular weight excluding hydrogens is 439 g/mol. The van der Waals surface area contributed by atoms with Crippen molar-refractivity contribution in [3.8, 4) is 5.75 Å². The lowest BCUT2D eigenvalue weighted by Gasteiger charge is -2.42. The van der Waals surface area contributed by atoms with Gasteiger partial charge in [-0.15, -0.1) is 0 Å². The second kappa shape index (κ2) is 9.63. The summed E-state index contributed by atoms with van der Waals surface area (Å²) in [6.45, 7) is 7.14. The maximum atomic E-state index is 14.8. The fourth-order valence-corrected chi connectivity index (χ4v) is 6.65. The predicted molar refractivity (Wildman–Crippen MR) is 128 cm³/mol. The molecule has 1 aromatic carbocycles. The summed E-state index contributed by atoms with van der Waals surface area (Å²) in [4.78, 5) is 18.3. The Morgan fingerprint density at radius 3 is 2.42 bits per heavy atom. The van der Waals surface area contributed by atoms with Crippen molar-refractivity contribution in [2.45, 2.75) is 68.8 Å². The molecule has 0 bridgehead atoms. The summed E-state index contributed by atoms with van der Waals surface area (Å²) >= 11 is -1.36. The molecule has 2 heterocycles. The minimum atomic E-state index is -1.36. The van der Waals surface area contributed by atoms with Gasteiger partial charge in [0.25, 0.3) is 0 Å².